The molecule has 2 heterocycles. The third-order valence-corrected chi connectivity index (χ3v) is 4.57. The Bertz CT molecular complexity index is 319. The first kappa shape index (κ1) is 11.2. The molecule has 2 rings (SSSR count). The molecule has 4 nitrogen and oxygen atoms in total. The Labute approximate surface area is 96.8 Å². The van der Waals surface area contributed by atoms with Gasteiger partial charge in [0.1, 0.15) is 0 Å². The molecule has 2 fully saturated rings. The maximum absolute atomic E-state index is 11.2. The van der Waals surface area contributed by atoms with E-state index < -0.39 is 19.9 Å². The first-order chi connectivity index (χ1) is 6.28. The van der Waals surface area contributed by atoms with Gasteiger partial charge in [-0.25, -0.2) is 8.42 Å². The molecular formula is C6H8Cl3NO3S. The van der Waals surface area contributed by atoms with Crippen LogP contribution in [0.4, 0.5) is 0 Å². The molecule has 2 aliphatic rings. The Hall–Kier alpha value is 0.740. The van der Waals surface area contributed by atoms with Crippen molar-refractivity contribution >= 4 is 44.6 Å². The predicted molar refractivity (Wildman–Crippen MR) is 54.5 cm³/mol. The SMILES string of the molecule is O=S1(=O)C[C@@H]2O[C@H](C(Cl)(Cl)Cl)N[C@@H]2C1. The van der Waals surface area contributed by atoms with Crippen LogP contribution in [0.5, 0.6) is 0 Å². The number of rotatable bonds is 0. The van der Waals surface area contributed by atoms with Crippen LogP contribution >= 0.6 is 34.8 Å². The van der Waals surface area contributed by atoms with Crippen molar-refractivity contribution in [3.63, 3.8) is 0 Å². The lowest BCUT2D eigenvalue weighted by Gasteiger charge is -2.20. The molecule has 3 atom stereocenters. The van der Waals surface area contributed by atoms with Crippen LogP contribution in [0, 0.1) is 0 Å². The fourth-order valence-corrected chi connectivity index (χ4v) is 3.83. The van der Waals surface area contributed by atoms with Crippen molar-refractivity contribution < 1.29 is 13.2 Å². The zero-order chi connectivity index (χ0) is 10.6. The summed E-state index contributed by atoms with van der Waals surface area (Å²) in [5, 5.41) is 2.85. The molecule has 2 saturated heterocycles. The van der Waals surface area contributed by atoms with Gasteiger partial charge in [0.05, 0.1) is 23.7 Å². The number of halogens is 3. The van der Waals surface area contributed by atoms with Crippen LogP contribution in [-0.4, -0.2) is 42.1 Å². The van der Waals surface area contributed by atoms with Crippen molar-refractivity contribution in [2.45, 2.75) is 22.2 Å². The van der Waals surface area contributed by atoms with Gasteiger partial charge in [-0.3, -0.25) is 5.32 Å². The van der Waals surface area contributed by atoms with E-state index in [2.05, 4.69) is 5.32 Å². The average molecular weight is 281 g/mol. The fraction of sp³-hybridized carbons (Fsp3) is 1.00. The van der Waals surface area contributed by atoms with Gasteiger partial charge in [-0.1, -0.05) is 34.8 Å². The minimum absolute atomic E-state index is 0.00190. The standard InChI is InChI=1S/C6H8Cl3NO3S/c7-6(8,9)5-10-3-1-14(11,12)2-4(3)13-5/h3-5,10H,1-2H2/t3-,4+,5-/m1/s1. The van der Waals surface area contributed by atoms with Gasteiger partial charge in [0.2, 0.25) is 3.79 Å². The molecule has 0 unspecified atom stereocenters. The third-order valence-electron chi connectivity index (χ3n) is 2.27. The van der Waals surface area contributed by atoms with E-state index in [0.29, 0.717) is 0 Å². The summed E-state index contributed by atoms with van der Waals surface area (Å²) < 4.78 is 26.1. The van der Waals surface area contributed by atoms with Gasteiger partial charge in [-0.05, 0) is 0 Å². The molecule has 0 aromatic heterocycles. The van der Waals surface area contributed by atoms with Crippen LogP contribution in [0.25, 0.3) is 0 Å². The van der Waals surface area contributed by atoms with E-state index in [4.69, 9.17) is 39.5 Å². The largest absolute Gasteiger partial charge is 0.353 e. The molecule has 0 aromatic rings. The summed E-state index contributed by atoms with van der Waals surface area (Å²) in [6.07, 6.45) is -1.11. The maximum Gasteiger partial charge on any atom is 0.229 e. The lowest BCUT2D eigenvalue weighted by atomic mass is 10.2. The summed E-state index contributed by atoms with van der Waals surface area (Å²) in [6.45, 7) is 0. The molecule has 0 bridgehead atoms. The maximum atomic E-state index is 11.2. The summed E-state index contributed by atoms with van der Waals surface area (Å²) in [4.78, 5) is 0. The molecule has 14 heavy (non-hydrogen) atoms. The van der Waals surface area contributed by atoms with Crippen LogP contribution in [0.1, 0.15) is 0 Å². The molecule has 82 valence electrons. The summed E-state index contributed by atoms with van der Waals surface area (Å²) in [5.41, 5.74) is 0. The number of hydrogen-bond acceptors (Lipinski definition) is 4. The minimum atomic E-state index is -2.99. The molecule has 0 aliphatic carbocycles. The van der Waals surface area contributed by atoms with E-state index in [9.17, 15) is 8.42 Å². The van der Waals surface area contributed by atoms with Crippen LogP contribution in [0.3, 0.4) is 0 Å². The van der Waals surface area contributed by atoms with E-state index >= 15 is 0 Å². The third kappa shape index (κ3) is 2.13. The van der Waals surface area contributed by atoms with Gasteiger partial charge in [-0.2, -0.15) is 0 Å². The number of alkyl halides is 3. The van der Waals surface area contributed by atoms with Crippen molar-refractivity contribution in [2.75, 3.05) is 11.5 Å². The Kier molecular flexibility index (Phi) is 2.70. The van der Waals surface area contributed by atoms with Gasteiger partial charge >= 0.3 is 0 Å². The summed E-state index contributed by atoms with van der Waals surface area (Å²) >= 11 is 16.8. The second kappa shape index (κ2) is 3.37. The van der Waals surface area contributed by atoms with Crippen LogP contribution in [-0.2, 0) is 14.6 Å². The molecule has 0 spiro atoms. The molecule has 1 N–H and O–H groups in total. The Morgan fingerprint density at radius 3 is 2.43 bits per heavy atom. The highest BCUT2D eigenvalue weighted by atomic mass is 35.6. The van der Waals surface area contributed by atoms with E-state index in [1.807, 2.05) is 0 Å². The topological polar surface area (TPSA) is 55.4 Å². The Morgan fingerprint density at radius 1 is 1.29 bits per heavy atom. The van der Waals surface area contributed by atoms with Crippen molar-refractivity contribution in [1.82, 2.24) is 5.32 Å². The minimum Gasteiger partial charge on any atom is -0.353 e. The number of ether oxygens (including phenoxy) is 1. The quantitative estimate of drug-likeness (QED) is 0.655. The Morgan fingerprint density at radius 2 is 1.93 bits per heavy atom. The van der Waals surface area contributed by atoms with Crippen molar-refractivity contribution in [1.29, 1.82) is 0 Å². The van der Waals surface area contributed by atoms with Crippen molar-refractivity contribution in [3.05, 3.63) is 0 Å². The van der Waals surface area contributed by atoms with Gasteiger partial charge in [-0.15, -0.1) is 0 Å². The number of fused-ring (bicyclic) bond motifs is 1. The summed E-state index contributed by atoms with van der Waals surface area (Å²) in [7, 11) is -2.99. The highest BCUT2D eigenvalue weighted by Crippen LogP contribution is 2.36. The van der Waals surface area contributed by atoms with E-state index in [0.717, 1.165) is 0 Å². The lowest BCUT2D eigenvalue weighted by Crippen LogP contribution is -2.41. The van der Waals surface area contributed by atoms with Crippen LogP contribution < -0.4 is 5.32 Å². The molecule has 0 amide bonds. The zero-order valence-corrected chi connectivity index (χ0v) is 10.00. The van der Waals surface area contributed by atoms with E-state index in [-0.39, 0.29) is 23.7 Å². The van der Waals surface area contributed by atoms with E-state index in [1.54, 1.807) is 0 Å². The second-order valence-electron chi connectivity index (χ2n) is 3.45. The number of sulfone groups is 1. The average Bonchev–Trinajstić information content (AvgIpc) is 2.37. The molecule has 8 heteroatoms. The monoisotopic (exact) mass is 279 g/mol. The van der Waals surface area contributed by atoms with Gasteiger partial charge in [0.25, 0.3) is 0 Å². The molecule has 0 radical (unpaired) electrons. The van der Waals surface area contributed by atoms with Crippen molar-refractivity contribution in [2.24, 2.45) is 0 Å². The second-order valence-corrected chi connectivity index (χ2v) is 7.97. The van der Waals surface area contributed by atoms with Gasteiger partial charge < -0.3 is 4.74 Å². The fourth-order valence-electron chi connectivity index (χ4n) is 1.69. The number of hydrogen-bond donors (Lipinski definition) is 1. The van der Waals surface area contributed by atoms with Crippen molar-refractivity contribution in [3.8, 4) is 0 Å². The summed E-state index contributed by atoms with van der Waals surface area (Å²) in [6, 6.07) is -0.249. The predicted octanol–water partition coefficient (Wildman–Crippen LogP) is 0.468. The van der Waals surface area contributed by atoms with Gasteiger partial charge in [0, 0.05) is 0 Å². The highest BCUT2D eigenvalue weighted by molar-refractivity contribution is 7.91. The molecule has 0 saturated carbocycles. The smallest absolute Gasteiger partial charge is 0.229 e. The van der Waals surface area contributed by atoms with Crippen LogP contribution in [0.15, 0.2) is 0 Å². The highest BCUT2D eigenvalue weighted by Gasteiger charge is 2.50. The van der Waals surface area contributed by atoms with Gasteiger partial charge in [0.15, 0.2) is 16.1 Å². The Balaban J connectivity index is 2.07. The number of nitrogens with one attached hydrogen (secondary N) is 1. The molecular weight excluding hydrogens is 272 g/mol. The molecule has 0 aromatic carbocycles. The molecule has 2 aliphatic heterocycles. The first-order valence-electron chi connectivity index (χ1n) is 3.96. The lowest BCUT2D eigenvalue weighted by molar-refractivity contribution is 0.0544. The summed E-state index contributed by atoms with van der Waals surface area (Å²) in [5.74, 6) is 0.0524. The van der Waals surface area contributed by atoms with E-state index in [1.165, 1.54) is 0 Å². The normalized spacial score (nSPS) is 41.2. The first-order valence-corrected chi connectivity index (χ1v) is 6.92. The van der Waals surface area contributed by atoms with Crippen LogP contribution in [0.2, 0.25) is 0 Å². The zero-order valence-electron chi connectivity index (χ0n) is 6.91.